The van der Waals surface area contributed by atoms with Crippen molar-refractivity contribution in [3.63, 3.8) is 0 Å². The SMILES string of the molecule is CNC(C)(C)c1cncn1CCc1cccc(OC)c1. The van der Waals surface area contributed by atoms with E-state index in [0.29, 0.717) is 0 Å². The summed E-state index contributed by atoms with van der Waals surface area (Å²) in [5, 5.41) is 3.32. The van der Waals surface area contributed by atoms with Gasteiger partial charge in [0.1, 0.15) is 5.75 Å². The van der Waals surface area contributed by atoms with Crippen LogP contribution in [0.2, 0.25) is 0 Å². The van der Waals surface area contributed by atoms with E-state index < -0.39 is 0 Å². The molecular formula is C16H23N3O. The summed E-state index contributed by atoms with van der Waals surface area (Å²) in [4.78, 5) is 4.28. The largest absolute Gasteiger partial charge is 0.497 e. The Labute approximate surface area is 120 Å². The lowest BCUT2D eigenvalue weighted by Crippen LogP contribution is -2.35. The Kier molecular flexibility index (Phi) is 4.45. The number of hydrogen-bond donors (Lipinski definition) is 1. The third-order valence-corrected chi connectivity index (χ3v) is 3.75. The standard InChI is InChI=1S/C16H23N3O/c1-16(2,17-3)15-11-18-12-19(15)9-8-13-6-5-7-14(10-13)20-4/h5-7,10-12,17H,8-9H2,1-4H3. The van der Waals surface area contributed by atoms with Crippen LogP contribution in [0, 0.1) is 0 Å². The second-order valence-corrected chi connectivity index (χ2v) is 5.45. The van der Waals surface area contributed by atoms with Gasteiger partial charge in [-0.3, -0.25) is 0 Å². The second kappa shape index (κ2) is 6.09. The lowest BCUT2D eigenvalue weighted by molar-refractivity contribution is 0.407. The first-order valence-corrected chi connectivity index (χ1v) is 6.89. The molecule has 2 rings (SSSR count). The smallest absolute Gasteiger partial charge is 0.119 e. The number of aryl methyl sites for hydroxylation is 2. The molecule has 0 bridgehead atoms. The minimum atomic E-state index is -0.0785. The zero-order chi connectivity index (χ0) is 14.6. The number of benzene rings is 1. The highest BCUT2D eigenvalue weighted by Gasteiger charge is 2.21. The topological polar surface area (TPSA) is 39.1 Å². The van der Waals surface area contributed by atoms with Crippen molar-refractivity contribution in [2.45, 2.75) is 32.4 Å². The van der Waals surface area contributed by atoms with E-state index in [1.54, 1.807) is 7.11 Å². The molecule has 20 heavy (non-hydrogen) atoms. The average Bonchev–Trinajstić information content (AvgIpc) is 2.94. The Hall–Kier alpha value is -1.81. The molecule has 0 aliphatic rings. The van der Waals surface area contributed by atoms with Gasteiger partial charge < -0.3 is 14.6 Å². The van der Waals surface area contributed by atoms with Crippen molar-refractivity contribution in [1.82, 2.24) is 14.9 Å². The quantitative estimate of drug-likeness (QED) is 0.879. The van der Waals surface area contributed by atoms with Crippen molar-refractivity contribution in [3.8, 4) is 5.75 Å². The van der Waals surface area contributed by atoms with Crippen LogP contribution in [0.15, 0.2) is 36.8 Å². The first kappa shape index (κ1) is 14.6. The fourth-order valence-corrected chi connectivity index (χ4v) is 2.22. The molecule has 2 aromatic rings. The molecule has 0 fully saturated rings. The number of aromatic nitrogens is 2. The first-order valence-electron chi connectivity index (χ1n) is 6.89. The van der Waals surface area contributed by atoms with Gasteiger partial charge in [-0.05, 0) is 45.0 Å². The fourth-order valence-electron chi connectivity index (χ4n) is 2.22. The molecule has 1 heterocycles. The van der Waals surface area contributed by atoms with Crippen molar-refractivity contribution in [2.24, 2.45) is 0 Å². The van der Waals surface area contributed by atoms with Crippen molar-refractivity contribution < 1.29 is 4.74 Å². The molecule has 0 saturated heterocycles. The summed E-state index contributed by atoms with van der Waals surface area (Å²) in [6.45, 7) is 5.23. The van der Waals surface area contributed by atoms with E-state index in [9.17, 15) is 0 Å². The van der Waals surface area contributed by atoms with E-state index in [0.717, 1.165) is 18.7 Å². The van der Waals surface area contributed by atoms with E-state index in [2.05, 4.69) is 40.8 Å². The van der Waals surface area contributed by atoms with Crippen LogP contribution in [-0.2, 0) is 18.5 Å². The highest BCUT2D eigenvalue weighted by molar-refractivity contribution is 5.28. The van der Waals surface area contributed by atoms with E-state index >= 15 is 0 Å². The zero-order valence-electron chi connectivity index (χ0n) is 12.7. The third kappa shape index (κ3) is 3.20. The zero-order valence-corrected chi connectivity index (χ0v) is 12.7. The van der Waals surface area contributed by atoms with Crippen LogP contribution in [0.3, 0.4) is 0 Å². The molecule has 0 atom stereocenters. The molecule has 0 amide bonds. The average molecular weight is 273 g/mol. The number of ether oxygens (including phenoxy) is 1. The molecule has 1 aromatic carbocycles. The Morgan fingerprint density at radius 1 is 1.35 bits per heavy atom. The number of imidazole rings is 1. The highest BCUT2D eigenvalue weighted by Crippen LogP contribution is 2.20. The molecule has 0 spiro atoms. The summed E-state index contributed by atoms with van der Waals surface area (Å²) in [7, 11) is 3.67. The lowest BCUT2D eigenvalue weighted by Gasteiger charge is -2.25. The van der Waals surface area contributed by atoms with Gasteiger partial charge in [-0.1, -0.05) is 12.1 Å². The number of nitrogens with zero attached hydrogens (tertiary/aromatic N) is 2. The number of methoxy groups -OCH3 is 1. The van der Waals surface area contributed by atoms with Gasteiger partial charge in [0.05, 0.1) is 24.7 Å². The lowest BCUT2D eigenvalue weighted by atomic mass is 10.0. The van der Waals surface area contributed by atoms with Crippen LogP contribution in [0.4, 0.5) is 0 Å². The van der Waals surface area contributed by atoms with Crippen molar-refractivity contribution >= 4 is 0 Å². The van der Waals surface area contributed by atoms with Gasteiger partial charge in [0.25, 0.3) is 0 Å². The Morgan fingerprint density at radius 2 is 2.15 bits per heavy atom. The Bertz CT molecular complexity index is 560. The molecule has 0 saturated carbocycles. The van der Waals surface area contributed by atoms with E-state index in [1.807, 2.05) is 31.7 Å². The van der Waals surface area contributed by atoms with Gasteiger partial charge in [0.15, 0.2) is 0 Å². The maximum atomic E-state index is 5.26. The summed E-state index contributed by atoms with van der Waals surface area (Å²) >= 11 is 0. The van der Waals surface area contributed by atoms with E-state index in [1.165, 1.54) is 11.3 Å². The van der Waals surface area contributed by atoms with Crippen LogP contribution in [0.1, 0.15) is 25.1 Å². The van der Waals surface area contributed by atoms with Crippen LogP contribution < -0.4 is 10.1 Å². The first-order chi connectivity index (χ1) is 9.56. The van der Waals surface area contributed by atoms with Gasteiger partial charge in [0.2, 0.25) is 0 Å². The summed E-state index contributed by atoms with van der Waals surface area (Å²) < 4.78 is 7.46. The van der Waals surface area contributed by atoms with Gasteiger partial charge in [0, 0.05) is 12.7 Å². The third-order valence-electron chi connectivity index (χ3n) is 3.75. The van der Waals surface area contributed by atoms with Crippen LogP contribution in [0.5, 0.6) is 5.75 Å². The van der Waals surface area contributed by atoms with Crippen molar-refractivity contribution in [3.05, 3.63) is 48.0 Å². The van der Waals surface area contributed by atoms with Gasteiger partial charge in [-0.25, -0.2) is 4.98 Å². The monoisotopic (exact) mass is 273 g/mol. The predicted molar refractivity (Wildman–Crippen MR) is 81.0 cm³/mol. The minimum Gasteiger partial charge on any atom is -0.497 e. The minimum absolute atomic E-state index is 0.0785. The summed E-state index contributed by atoms with van der Waals surface area (Å²) in [5.74, 6) is 0.906. The Balaban J connectivity index is 2.10. The van der Waals surface area contributed by atoms with Gasteiger partial charge in [-0.2, -0.15) is 0 Å². The predicted octanol–water partition coefficient (Wildman–Crippen LogP) is 2.59. The number of nitrogens with one attached hydrogen (secondary N) is 1. The molecule has 0 aliphatic heterocycles. The normalized spacial score (nSPS) is 11.6. The fraction of sp³-hybridized carbons (Fsp3) is 0.438. The number of hydrogen-bond acceptors (Lipinski definition) is 3. The van der Waals surface area contributed by atoms with Gasteiger partial charge >= 0.3 is 0 Å². The molecule has 0 aliphatic carbocycles. The Morgan fingerprint density at radius 3 is 2.85 bits per heavy atom. The molecule has 108 valence electrons. The molecule has 0 unspecified atom stereocenters. The highest BCUT2D eigenvalue weighted by atomic mass is 16.5. The maximum absolute atomic E-state index is 5.26. The van der Waals surface area contributed by atoms with Crippen LogP contribution in [-0.4, -0.2) is 23.7 Å². The van der Waals surface area contributed by atoms with E-state index in [4.69, 9.17) is 4.74 Å². The van der Waals surface area contributed by atoms with Crippen molar-refractivity contribution in [1.29, 1.82) is 0 Å². The van der Waals surface area contributed by atoms with E-state index in [-0.39, 0.29) is 5.54 Å². The maximum Gasteiger partial charge on any atom is 0.119 e. The number of rotatable bonds is 6. The molecule has 0 radical (unpaired) electrons. The molecular weight excluding hydrogens is 250 g/mol. The summed E-state index contributed by atoms with van der Waals surface area (Å²) in [6, 6.07) is 8.21. The van der Waals surface area contributed by atoms with Gasteiger partial charge in [-0.15, -0.1) is 0 Å². The van der Waals surface area contributed by atoms with Crippen molar-refractivity contribution in [2.75, 3.05) is 14.2 Å². The van der Waals surface area contributed by atoms with Crippen LogP contribution >= 0.6 is 0 Å². The molecule has 4 nitrogen and oxygen atoms in total. The second-order valence-electron chi connectivity index (χ2n) is 5.45. The summed E-state index contributed by atoms with van der Waals surface area (Å²) in [5.41, 5.74) is 2.39. The summed E-state index contributed by atoms with van der Waals surface area (Å²) in [6.07, 6.45) is 4.79. The molecule has 4 heteroatoms. The van der Waals surface area contributed by atoms with Crippen LogP contribution in [0.25, 0.3) is 0 Å². The molecule has 1 aromatic heterocycles. The molecule has 1 N–H and O–H groups in total.